The van der Waals surface area contributed by atoms with Gasteiger partial charge in [0.05, 0.1) is 26.9 Å². The molecule has 1 aliphatic rings. The van der Waals surface area contributed by atoms with Gasteiger partial charge in [-0.1, -0.05) is 23.2 Å². The number of carbonyl (C=O) groups excluding carboxylic acids is 3. The summed E-state index contributed by atoms with van der Waals surface area (Å²) in [5.74, 6) is -0.666. The molecule has 0 spiro atoms. The van der Waals surface area contributed by atoms with Crippen LogP contribution in [0.3, 0.4) is 0 Å². The first-order chi connectivity index (χ1) is 15.8. The lowest BCUT2D eigenvalue weighted by Crippen LogP contribution is -2.31. The van der Waals surface area contributed by atoms with E-state index >= 15 is 0 Å². The van der Waals surface area contributed by atoms with Crippen LogP contribution in [0.4, 0.5) is 5.82 Å². The Kier molecular flexibility index (Phi) is 6.46. The molecule has 0 radical (unpaired) electrons. The van der Waals surface area contributed by atoms with Gasteiger partial charge in [-0.3, -0.25) is 19.3 Å². The molecule has 1 aliphatic heterocycles. The number of ether oxygens (including phenoxy) is 1. The van der Waals surface area contributed by atoms with Gasteiger partial charge in [-0.2, -0.15) is 9.78 Å². The van der Waals surface area contributed by atoms with Crippen LogP contribution in [0.25, 0.3) is 5.82 Å². The van der Waals surface area contributed by atoms with E-state index in [0.717, 1.165) is 4.90 Å². The molecule has 3 amide bonds. The second-order valence-electron chi connectivity index (χ2n) is 7.36. The zero-order valence-electron chi connectivity index (χ0n) is 17.8. The van der Waals surface area contributed by atoms with Gasteiger partial charge in [-0.15, -0.1) is 0 Å². The highest BCUT2D eigenvalue weighted by molar-refractivity contribution is 6.35. The van der Waals surface area contributed by atoms with Crippen molar-refractivity contribution < 1.29 is 19.1 Å². The Hall–Kier alpha value is -3.27. The number of fused-ring (bicyclic) bond motifs is 1. The molecule has 9 nitrogen and oxygen atoms in total. The van der Waals surface area contributed by atoms with Gasteiger partial charge in [0.15, 0.2) is 5.82 Å². The number of imide groups is 1. The lowest BCUT2D eigenvalue weighted by molar-refractivity contribution is 0.0638. The third-order valence-electron chi connectivity index (χ3n) is 5.03. The zero-order valence-corrected chi connectivity index (χ0v) is 19.3. The second kappa shape index (κ2) is 9.30. The van der Waals surface area contributed by atoms with Crippen molar-refractivity contribution in [1.82, 2.24) is 19.7 Å². The number of nitrogens with one attached hydrogen (secondary N) is 1. The number of halogens is 2. The molecular formula is C22H19Cl2N5O4. The summed E-state index contributed by atoms with van der Waals surface area (Å²) in [6.45, 7) is 2.43. The fourth-order valence-corrected chi connectivity index (χ4v) is 3.96. The number of benzene rings is 1. The van der Waals surface area contributed by atoms with Gasteiger partial charge in [0.1, 0.15) is 5.82 Å². The number of pyridine rings is 1. The van der Waals surface area contributed by atoms with Crippen molar-refractivity contribution >= 4 is 46.7 Å². The summed E-state index contributed by atoms with van der Waals surface area (Å²) in [6.07, 6.45) is 1.95. The lowest BCUT2D eigenvalue weighted by atomic mass is 10.1. The standard InChI is InChI=1S/C22H19Cl2N5O4/c1-12-8-18(29(27-12)19-17(24)10-14(23)11-25-19)26-20(30)13-4-5-15-16(9-13)22(32)28(21(15)31)6-3-7-33-2/h4-5,8-11H,3,6-7H2,1-2H3,(H,26,30). The molecular weight excluding hydrogens is 469 g/mol. The van der Waals surface area contributed by atoms with Crippen LogP contribution in [-0.2, 0) is 4.74 Å². The Morgan fingerprint density at radius 2 is 1.88 bits per heavy atom. The molecule has 0 atom stereocenters. The van der Waals surface area contributed by atoms with E-state index in [0.29, 0.717) is 35.4 Å². The summed E-state index contributed by atoms with van der Waals surface area (Å²) < 4.78 is 6.38. The number of nitrogens with zero attached hydrogens (tertiary/aromatic N) is 4. The smallest absolute Gasteiger partial charge is 0.261 e. The number of amides is 3. The quantitative estimate of drug-likeness (QED) is 0.401. The van der Waals surface area contributed by atoms with E-state index in [-0.39, 0.29) is 34.2 Å². The third kappa shape index (κ3) is 4.47. The van der Waals surface area contributed by atoms with Crippen LogP contribution in [-0.4, -0.2) is 57.6 Å². The van der Waals surface area contributed by atoms with Crippen LogP contribution in [0.15, 0.2) is 36.5 Å². The molecule has 170 valence electrons. The molecule has 3 aromatic rings. The maximum absolute atomic E-state index is 13.0. The highest BCUT2D eigenvalue weighted by Crippen LogP contribution is 2.27. The number of aryl methyl sites for hydroxylation is 1. The van der Waals surface area contributed by atoms with Gasteiger partial charge in [-0.05, 0) is 37.6 Å². The van der Waals surface area contributed by atoms with Gasteiger partial charge in [0.2, 0.25) is 0 Å². The van der Waals surface area contributed by atoms with Crippen LogP contribution in [0.5, 0.6) is 0 Å². The van der Waals surface area contributed by atoms with Crippen LogP contribution in [0.2, 0.25) is 10.0 Å². The summed E-state index contributed by atoms with van der Waals surface area (Å²) >= 11 is 12.2. The number of rotatable bonds is 7. The van der Waals surface area contributed by atoms with E-state index in [9.17, 15) is 14.4 Å². The van der Waals surface area contributed by atoms with Crippen LogP contribution in [0.1, 0.15) is 43.2 Å². The summed E-state index contributed by atoms with van der Waals surface area (Å²) in [7, 11) is 1.55. The Labute approximate surface area is 199 Å². The van der Waals surface area contributed by atoms with Crippen LogP contribution < -0.4 is 5.32 Å². The van der Waals surface area contributed by atoms with Crippen LogP contribution in [0, 0.1) is 6.92 Å². The van der Waals surface area contributed by atoms with E-state index in [1.54, 1.807) is 20.1 Å². The molecule has 33 heavy (non-hydrogen) atoms. The van der Waals surface area contributed by atoms with Crippen molar-refractivity contribution in [2.75, 3.05) is 25.6 Å². The van der Waals surface area contributed by atoms with E-state index in [1.807, 2.05) is 0 Å². The van der Waals surface area contributed by atoms with Gasteiger partial charge in [-0.25, -0.2) is 4.98 Å². The number of carbonyl (C=O) groups is 3. The molecule has 3 heterocycles. The first kappa shape index (κ1) is 22.9. The molecule has 11 heteroatoms. The molecule has 0 saturated heterocycles. The second-order valence-corrected chi connectivity index (χ2v) is 8.21. The fraction of sp³-hybridized carbons (Fsp3) is 0.227. The van der Waals surface area contributed by atoms with E-state index in [4.69, 9.17) is 27.9 Å². The number of hydrogen-bond donors (Lipinski definition) is 1. The lowest BCUT2D eigenvalue weighted by Gasteiger charge is -2.12. The number of aromatic nitrogens is 3. The van der Waals surface area contributed by atoms with E-state index in [1.165, 1.54) is 35.1 Å². The first-order valence-corrected chi connectivity index (χ1v) is 10.7. The molecule has 0 aliphatic carbocycles. The SMILES string of the molecule is COCCCN1C(=O)c2ccc(C(=O)Nc3cc(C)nn3-c3ncc(Cl)cc3Cl)cc2C1=O. The summed E-state index contributed by atoms with van der Waals surface area (Å²) in [5.41, 5.74) is 1.30. The van der Waals surface area contributed by atoms with E-state index < -0.39 is 11.8 Å². The topological polar surface area (TPSA) is 106 Å². The van der Waals surface area contributed by atoms with Gasteiger partial charge < -0.3 is 10.1 Å². The Bertz CT molecular complexity index is 1270. The number of anilines is 1. The van der Waals surface area contributed by atoms with Gasteiger partial charge in [0.25, 0.3) is 17.7 Å². The summed E-state index contributed by atoms with van der Waals surface area (Å²) in [5, 5.41) is 7.73. The molecule has 4 rings (SSSR count). The maximum atomic E-state index is 13.0. The highest BCUT2D eigenvalue weighted by Gasteiger charge is 2.35. The Balaban J connectivity index is 1.58. The molecule has 1 aromatic carbocycles. The molecule has 0 fully saturated rings. The summed E-state index contributed by atoms with van der Waals surface area (Å²) in [4.78, 5) is 43.6. The van der Waals surface area contributed by atoms with Crippen molar-refractivity contribution in [1.29, 1.82) is 0 Å². The maximum Gasteiger partial charge on any atom is 0.261 e. The third-order valence-corrected chi connectivity index (χ3v) is 5.51. The monoisotopic (exact) mass is 487 g/mol. The Morgan fingerprint density at radius 1 is 1.12 bits per heavy atom. The van der Waals surface area contributed by atoms with Crippen molar-refractivity contribution in [3.05, 3.63) is 69.0 Å². The molecule has 2 aromatic heterocycles. The minimum Gasteiger partial charge on any atom is -0.385 e. The predicted octanol–water partition coefficient (Wildman–Crippen LogP) is 3.77. The van der Waals surface area contributed by atoms with Gasteiger partial charge >= 0.3 is 0 Å². The fourth-order valence-electron chi connectivity index (χ4n) is 3.50. The molecule has 1 N–H and O–H groups in total. The largest absolute Gasteiger partial charge is 0.385 e. The first-order valence-electron chi connectivity index (χ1n) is 9.98. The normalized spacial score (nSPS) is 12.9. The van der Waals surface area contributed by atoms with Crippen LogP contribution >= 0.6 is 23.2 Å². The highest BCUT2D eigenvalue weighted by atomic mass is 35.5. The minimum atomic E-state index is -0.484. The number of methoxy groups -OCH3 is 1. The van der Waals surface area contributed by atoms with Gasteiger partial charge in [0, 0.05) is 38.1 Å². The summed E-state index contributed by atoms with van der Waals surface area (Å²) in [6, 6.07) is 7.59. The minimum absolute atomic E-state index is 0.192. The molecule has 0 bridgehead atoms. The molecule has 0 unspecified atom stereocenters. The van der Waals surface area contributed by atoms with Crippen molar-refractivity contribution in [2.24, 2.45) is 0 Å². The average Bonchev–Trinajstić information content (AvgIpc) is 3.25. The average molecular weight is 488 g/mol. The zero-order chi connectivity index (χ0) is 23.7. The van der Waals surface area contributed by atoms with Crippen molar-refractivity contribution in [3.8, 4) is 5.82 Å². The van der Waals surface area contributed by atoms with E-state index in [2.05, 4.69) is 15.4 Å². The molecule has 0 saturated carbocycles. The number of hydrogen-bond acceptors (Lipinski definition) is 6. The van der Waals surface area contributed by atoms with Crippen molar-refractivity contribution in [2.45, 2.75) is 13.3 Å². The Morgan fingerprint density at radius 3 is 2.61 bits per heavy atom. The predicted molar refractivity (Wildman–Crippen MR) is 122 cm³/mol. The van der Waals surface area contributed by atoms with Crippen molar-refractivity contribution in [3.63, 3.8) is 0 Å².